The maximum atomic E-state index is 2.29. The Hall–Kier alpha value is -4.16. The summed E-state index contributed by atoms with van der Waals surface area (Å²) in [5.74, 6) is 0.145. The van der Waals surface area contributed by atoms with E-state index in [1.54, 1.807) is 0 Å². The van der Waals surface area contributed by atoms with Crippen LogP contribution < -0.4 is 0 Å². The molecule has 6 aromatic carbocycles. The Labute approximate surface area is 194 Å². The molecular weight excluding hydrogens is 396 g/mol. The largest absolute Gasteiger partial charge is 0.0622 e. The fourth-order valence-corrected chi connectivity index (χ4v) is 5.21. The number of hydrogen-bond acceptors (Lipinski definition) is 0. The van der Waals surface area contributed by atoms with E-state index in [1.807, 2.05) is 0 Å². The summed E-state index contributed by atoms with van der Waals surface area (Å²) in [5.41, 5.74) is 6.56. The second-order valence-corrected chi connectivity index (χ2v) is 8.50. The van der Waals surface area contributed by atoms with Crippen molar-refractivity contribution < 1.29 is 0 Å². The second kappa shape index (κ2) is 8.41. The molecule has 0 aliphatic heterocycles. The molecule has 0 fully saturated rings. The van der Waals surface area contributed by atoms with Crippen LogP contribution in [0.25, 0.3) is 32.7 Å². The average molecular weight is 421 g/mol. The van der Waals surface area contributed by atoms with Crippen LogP contribution in [0.5, 0.6) is 0 Å². The third-order valence-electron chi connectivity index (χ3n) is 6.59. The van der Waals surface area contributed by atoms with Gasteiger partial charge in [0.1, 0.15) is 0 Å². The number of rotatable bonds is 4. The summed E-state index contributed by atoms with van der Waals surface area (Å²) < 4.78 is 0. The zero-order valence-corrected chi connectivity index (χ0v) is 18.4. The summed E-state index contributed by atoms with van der Waals surface area (Å²) in [6.45, 7) is 0. The van der Waals surface area contributed by atoms with Crippen LogP contribution >= 0.6 is 0 Å². The molecule has 0 N–H and O–H groups in total. The molecule has 33 heavy (non-hydrogen) atoms. The normalized spacial score (nSPS) is 11.3. The zero-order chi connectivity index (χ0) is 22.0. The van der Waals surface area contributed by atoms with Crippen molar-refractivity contribution in [2.24, 2.45) is 0 Å². The van der Waals surface area contributed by atoms with Crippen molar-refractivity contribution in [1.29, 1.82) is 0 Å². The van der Waals surface area contributed by atoms with Gasteiger partial charge in [-0.15, -0.1) is 0 Å². The molecule has 0 nitrogen and oxygen atoms in total. The first kappa shape index (κ1) is 19.5. The molecule has 0 spiro atoms. The van der Waals surface area contributed by atoms with Gasteiger partial charge < -0.3 is 0 Å². The van der Waals surface area contributed by atoms with E-state index in [0.717, 1.165) is 0 Å². The van der Waals surface area contributed by atoms with E-state index >= 15 is 0 Å². The molecule has 0 bridgehead atoms. The van der Waals surface area contributed by atoms with E-state index in [4.69, 9.17) is 0 Å². The quantitative estimate of drug-likeness (QED) is 0.197. The Morgan fingerprint density at radius 3 is 1.15 bits per heavy atom. The first-order valence-electron chi connectivity index (χ1n) is 11.5. The van der Waals surface area contributed by atoms with Gasteiger partial charge in [-0.05, 0) is 49.4 Å². The molecule has 0 heteroatoms. The fraction of sp³-hybridized carbons (Fsp3) is 0.0303. The highest BCUT2D eigenvalue weighted by molar-refractivity contribution is 6.15. The van der Waals surface area contributed by atoms with Crippen LogP contribution in [0.4, 0.5) is 0 Å². The predicted octanol–water partition coefficient (Wildman–Crippen LogP) is 8.84. The van der Waals surface area contributed by atoms with Gasteiger partial charge in [-0.2, -0.15) is 0 Å². The van der Waals surface area contributed by atoms with Crippen molar-refractivity contribution in [3.05, 3.63) is 156 Å². The minimum atomic E-state index is 0.145. The van der Waals surface area contributed by atoms with Crippen LogP contribution in [0.3, 0.4) is 0 Å². The molecular formula is C33H24. The number of hydrogen-bond donors (Lipinski definition) is 0. The van der Waals surface area contributed by atoms with Gasteiger partial charge in [0.25, 0.3) is 0 Å². The van der Waals surface area contributed by atoms with Crippen molar-refractivity contribution in [1.82, 2.24) is 0 Å². The van der Waals surface area contributed by atoms with E-state index in [0.29, 0.717) is 0 Å². The van der Waals surface area contributed by atoms with E-state index in [9.17, 15) is 0 Å². The minimum Gasteiger partial charge on any atom is -0.0622 e. The molecule has 0 radical (unpaired) electrons. The van der Waals surface area contributed by atoms with E-state index in [-0.39, 0.29) is 5.92 Å². The van der Waals surface area contributed by atoms with Gasteiger partial charge in [0.2, 0.25) is 0 Å². The maximum absolute atomic E-state index is 2.29. The molecule has 0 saturated carbocycles. The molecule has 0 saturated heterocycles. The molecule has 0 aliphatic rings. The van der Waals surface area contributed by atoms with Gasteiger partial charge in [-0.1, -0.05) is 140 Å². The van der Waals surface area contributed by atoms with Crippen molar-refractivity contribution >= 4 is 21.5 Å². The lowest BCUT2D eigenvalue weighted by Gasteiger charge is -2.25. The Kier molecular flexibility index (Phi) is 4.97. The predicted molar refractivity (Wildman–Crippen MR) is 141 cm³/mol. The van der Waals surface area contributed by atoms with Crippen LogP contribution in [0.1, 0.15) is 22.6 Å². The third kappa shape index (κ3) is 3.41. The van der Waals surface area contributed by atoms with Crippen molar-refractivity contribution in [3.63, 3.8) is 0 Å². The van der Waals surface area contributed by atoms with Crippen molar-refractivity contribution in [3.8, 4) is 11.1 Å². The van der Waals surface area contributed by atoms with Gasteiger partial charge in [0, 0.05) is 5.92 Å². The van der Waals surface area contributed by atoms with E-state index in [2.05, 4.69) is 140 Å². The van der Waals surface area contributed by atoms with Crippen LogP contribution in [-0.2, 0) is 0 Å². The van der Waals surface area contributed by atoms with E-state index < -0.39 is 0 Å². The third-order valence-corrected chi connectivity index (χ3v) is 6.59. The molecule has 0 amide bonds. The first-order chi connectivity index (χ1) is 16.4. The topological polar surface area (TPSA) is 0 Å². The maximum Gasteiger partial charge on any atom is 0.0352 e. The van der Waals surface area contributed by atoms with Crippen molar-refractivity contribution in [2.45, 2.75) is 5.92 Å². The molecule has 0 unspecified atom stereocenters. The van der Waals surface area contributed by atoms with Crippen LogP contribution in [0.15, 0.2) is 140 Å². The highest BCUT2D eigenvalue weighted by atomic mass is 14.3. The zero-order valence-electron chi connectivity index (χ0n) is 18.4. The van der Waals surface area contributed by atoms with E-state index in [1.165, 1.54) is 49.4 Å². The van der Waals surface area contributed by atoms with Gasteiger partial charge in [-0.25, -0.2) is 0 Å². The van der Waals surface area contributed by atoms with Gasteiger partial charge in [-0.3, -0.25) is 0 Å². The Morgan fingerprint density at radius 1 is 0.333 bits per heavy atom. The monoisotopic (exact) mass is 420 g/mol. The van der Waals surface area contributed by atoms with Crippen molar-refractivity contribution in [2.75, 3.05) is 0 Å². The molecule has 0 aliphatic carbocycles. The summed E-state index contributed by atoms with van der Waals surface area (Å²) in [6, 6.07) is 50.4. The Morgan fingerprint density at radius 2 is 0.697 bits per heavy atom. The highest BCUT2D eigenvalue weighted by Crippen LogP contribution is 2.45. The lowest BCUT2D eigenvalue weighted by atomic mass is 9.78. The molecule has 6 rings (SSSR count). The van der Waals surface area contributed by atoms with Gasteiger partial charge in [0.05, 0.1) is 0 Å². The molecule has 156 valence electrons. The van der Waals surface area contributed by atoms with Gasteiger partial charge in [0.15, 0.2) is 0 Å². The minimum absolute atomic E-state index is 0.145. The highest BCUT2D eigenvalue weighted by Gasteiger charge is 2.23. The lowest BCUT2D eigenvalue weighted by Crippen LogP contribution is -2.06. The smallest absolute Gasteiger partial charge is 0.0352 e. The summed E-state index contributed by atoms with van der Waals surface area (Å²) in [7, 11) is 0. The average Bonchev–Trinajstić information content (AvgIpc) is 2.90. The molecule has 0 atom stereocenters. The van der Waals surface area contributed by atoms with Crippen LogP contribution in [0, 0.1) is 0 Å². The number of fused-ring (bicyclic) bond motifs is 2. The molecule has 6 aromatic rings. The number of benzene rings is 6. The summed E-state index contributed by atoms with van der Waals surface area (Å²) in [5, 5.41) is 5.23. The Balaban J connectivity index is 1.78. The first-order valence-corrected chi connectivity index (χ1v) is 11.5. The standard InChI is InChI=1S/C33H24/c1-4-14-24(15-5-1)31(25-16-6-2-7-17-25)33-29-22-12-10-20-27(29)32(26-18-8-3-9-19-26)28-21-11-13-23-30(28)33/h1-23,31H. The Bertz CT molecular complexity index is 1430. The van der Waals surface area contributed by atoms with Crippen LogP contribution in [-0.4, -0.2) is 0 Å². The van der Waals surface area contributed by atoms with Gasteiger partial charge >= 0.3 is 0 Å². The fourth-order valence-electron chi connectivity index (χ4n) is 5.21. The second-order valence-electron chi connectivity index (χ2n) is 8.50. The summed E-state index contributed by atoms with van der Waals surface area (Å²) in [6.07, 6.45) is 0. The summed E-state index contributed by atoms with van der Waals surface area (Å²) >= 11 is 0. The lowest BCUT2D eigenvalue weighted by molar-refractivity contribution is 1.000. The van der Waals surface area contributed by atoms with Crippen LogP contribution in [0.2, 0.25) is 0 Å². The SMILES string of the molecule is c1ccc(-c2c3ccccc3c(C(c3ccccc3)c3ccccc3)c3ccccc23)cc1. The molecule has 0 heterocycles. The molecule has 0 aromatic heterocycles. The summed E-state index contributed by atoms with van der Waals surface area (Å²) in [4.78, 5) is 0.